The molecule has 2 aliphatic rings. The molecule has 100 valence electrons. The maximum absolute atomic E-state index is 5.86. The maximum atomic E-state index is 5.86. The smallest absolute Gasteiger partial charge is 0.0218 e. The highest BCUT2D eigenvalue weighted by Gasteiger charge is 2.22. The summed E-state index contributed by atoms with van der Waals surface area (Å²) in [4.78, 5) is 7.63. The molecule has 1 unspecified atom stereocenters. The zero-order valence-corrected chi connectivity index (χ0v) is 11.3. The average Bonchev–Trinajstić information content (AvgIpc) is 2.38. The molecule has 2 heterocycles. The molecule has 0 amide bonds. The van der Waals surface area contributed by atoms with Crippen molar-refractivity contribution in [2.75, 3.05) is 59.4 Å². The van der Waals surface area contributed by atoms with Gasteiger partial charge in [0, 0.05) is 51.9 Å². The Kier molecular flexibility index (Phi) is 5.22. The van der Waals surface area contributed by atoms with E-state index in [1.165, 1.54) is 65.1 Å². The van der Waals surface area contributed by atoms with Crippen molar-refractivity contribution < 1.29 is 0 Å². The van der Waals surface area contributed by atoms with Gasteiger partial charge >= 0.3 is 0 Å². The van der Waals surface area contributed by atoms with E-state index in [1.54, 1.807) is 0 Å². The fourth-order valence-electron chi connectivity index (χ4n) is 2.96. The molecule has 0 radical (unpaired) electrons. The highest BCUT2D eigenvalue weighted by molar-refractivity contribution is 4.79. The van der Waals surface area contributed by atoms with Gasteiger partial charge in [-0.05, 0) is 26.4 Å². The highest BCUT2D eigenvalue weighted by atomic mass is 15.3. The number of rotatable bonds is 4. The summed E-state index contributed by atoms with van der Waals surface area (Å²) in [5.41, 5.74) is 5.86. The predicted molar refractivity (Wildman–Crippen MR) is 72.2 cm³/mol. The number of piperidine rings is 1. The summed E-state index contributed by atoms with van der Waals surface area (Å²) < 4.78 is 0. The van der Waals surface area contributed by atoms with Crippen LogP contribution in [0.3, 0.4) is 0 Å². The second-order valence-electron chi connectivity index (χ2n) is 5.57. The monoisotopic (exact) mass is 240 g/mol. The number of likely N-dealkylation sites (tertiary alicyclic amines) is 1. The Labute approximate surface area is 106 Å². The summed E-state index contributed by atoms with van der Waals surface area (Å²) in [5, 5.41) is 0. The van der Waals surface area contributed by atoms with E-state index in [4.69, 9.17) is 5.73 Å². The third-order valence-electron chi connectivity index (χ3n) is 4.32. The first-order valence-electron chi connectivity index (χ1n) is 7.14. The molecule has 17 heavy (non-hydrogen) atoms. The molecule has 2 N–H and O–H groups in total. The Balaban J connectivity index is 1.69. The second-order valence-corrected chi connectivity index (χ2v) is 5.57. The van der Waals surface area contributed by atoms with Gasteiger partial charge in [0.05, 0.1) is 0 Å². The summed E-state index contributed by atoms with van der Waals surface area (Å²) in [5.74, 6) is 0. The van der Waals surface area contributed by atoms with Gasteiger partial charge in [0.1, 0.15) is 0 Å². The van der Waals surface area contributed by atoms with Crippen molar-refractivity contribution in [1.29, 1.82) is 0 Å². The second kappa shape index (κ2) is 6.69. The van der Waals surface area contributed by atoms with Crippen molar-refractivity contribution >= 4 is 0 Å². The van der Waals surface area contributed by atoms with E-state index in [0.29, 0.717) is 6.04 Å². The van der Waals surface area contributed by atoms with Crippen LogP contribution in [0.1, 0.15) is 19.3 Å². The molecule has 2 saturated heterocycles. The number of nitrogens with zero attached hydrogens (tertiary/aromatic N) is 3. The molecule has 0 saturated carbocycles. The SMILES string of the molecule is CN1CCN(CCN2CCCCC2CN)CC1. The summed E-state index contributed by atoms with van der Waals surface area (Å²) in [6.07, 6.45) is 4.03. The van der Waals surface area contributed by atoms with Crippen LogP contribution in [0, 0.1) is 0 Å². The molecular formula is C13H28N4. The van der Waals surface area contributed by atoms with Crippen molar-refractivity contribution in [3.63, 3.8) is 0 Å². The van der Waals surface area contributed by atoms with Gasteiger partial charge in [0.2, 0.25) is 0 Å². The molecule has 2 fully saturated rings. The van der Waals surface area contributed by atoms with E-state index < -0.39 is 0 Å². The third kappa shape index (κ3) is 3.91. The van der Waals surface area contributed by atoms with Gasteiger partial charge in [-0.3, -0.25) is 9.80 Å². The van der Waals surface area contributed by atoms with Gasteiger partial charge in [-0.15, -0.1) is 0 Å². The van der Waals surface area contributed by atoms with E-state index in [0.717, 1.165) is 6.54 Å². The Morgan fingerprint density at radius 2 is 1.76 bits per heavy atom. The van der Waals surface area contributed by atoms with E-state index >= 15 is 0 Å². The van der Waals surface area contributed by atoms with Crippen LogP contribution in [0.25, 0.3) is 0 Å². The molecular weight excluding hydrogens is 212 g/mol. The van der Waals surface area contributed by atoms with Crippen LogP contribution in [0.2, 0.25) is 0 Å². The molecule has 1 atom stereocenters. The zero-order chi connectivity index (χ0) is 12.1. The molecule has 0 bridgehead atoms. The van der Waals surface area contributed by atoms with Crippen LogP contribution in [-0.4, -0.2) is 80.1 Å². The largest absolute Gasteiger partial charge is 0.329 e. The van der Waals surface area contributed by atoms with Crippen LogP contribution in [0.15, 0.2) is 0 Å². The minimum atomic E-state index is 0.649. The maximum Gasteiger partial charge on any atom is 0.0218 e. The standard InChI is InChI=1S/C13H28N4/c1-15-6-8-16(9-7-15)10-11-17-5-3-2-4-13(17)12-14/h13H,2-12,14H2,1H3. The van der Waals surface area contributed by atoms with Crippen LogP contribution in [0.5, 0.6) is 0 Å². The lowest BCUT2D eigenvalue weighted by Gasteiger charge is -2.38. The minimum Gasteiger partial charge on any atom is -0.329 e. The molecule has 0 spiro atoms. The highest BCUT2D eigenvalue weighted by Crippen LogP contribution is 2.15. The van der Waals surface area contributed by atoms with Gasteiger partial charge in [0.25, 0.3) is 0 Å². The Bertz CT molecular complexity index is 213. The van der Waals surface area contributed by atoms with Crippen molar-refractivity contribution in [3.05, 3.63) is 0 Å². The van der Waals surface area contributed by atoms with Gasteiger partial charge < -0.3 is 10.6 Å². The molecule has 4 nitrogen and oxygen atoms in total. The van der Waals surface area contributed by atoms with Crippen LogP contribution < -0.4 is 5.73 Å². The lowest BCUT2D eigenvalue weighted by atomic mass is 10.0. The molecule has 0 aromatic heterocycles. The lowest BCUT2D eigenvalue weighted by Crippen LogP contribution is -2.50. The van der Waals surface area contributed by atoms with Crippen molar-refractivity contribution in [2.45, 2.75) is 25.3 Å². The number of nitrogens with two attached hydrogens (primary N) is 1. The summed E-state index contributed by atoms with van der Waals surface area (Å²) in [7, 11) is 2.21. The summed E-state index contributed by atoms with van der Waals surface area (Å²) >= 11 is 0. The van der Waals surface area contributed by atoms with E-state index in [1.807, 2.05) is 0 Å². The molecule has 4 heteroatoms. The number of hydrogen-bond donors (Lipinski definition) is 1. The minimum absolute atomic E-state index is 0.649. The quantitative estimate of drug-likeness (QED) is 0.753. The van der Waals surface area contributed by atoms with Gasteiger partial charge in [-0.25, -0.2) is 0 Å². The van der Waals surface area contributed by atoms with Gasteiger partial charge in [0.15, 0.2) is 0 Å². The number of likely N-dealkylation sites (N-methyl/N-ethyl adjacent to an activating group) is 1. The molecule has 2 aliphatic heterocycles. The molecule has 0 aromatic rings. The summed E-state index contributed by atoms with van der Waals surface area (Å²) in [6, 6.07) is 0.649. The predicted octanol–water partition coefficient (Wildman–Crippen LogP) is 0.0470. The van der Waals surface area contributed by atoms with E-state index in [2.05, 4.69) is 21.7 Å². The topological polar surface area (TPSA) is 35.7 Å². The van der Waals surface area contributed by atoms with Crippen molar-refractivity contribution in [3.8, 4) is 0 Å². The third-order valence-corrected chi connectivity index (χ3v) is 4.32. The van der Waals surface area contributed by atoms with E-state index in [9.17, 15) is 0 Å². The first-order valence-corrected chi connectivity index (χ1v) is 7.14. The van der Waals surface area contributed by atoms with E-state index in [-0.39, 0.29) is 0 Å². The normalized spacial score (nSPS) is 29.6. The summed E-state index contributed by atoms with van der Waals surface area (Å²) in [6.45, 7) is 9.45. The first-order chi connectivity index (χ1) is 8.29. The van der Waals surface area contributed by atoms with Gasteiger partial charge in [-0.2, -0.15) is 0 Å². The number of piperazine rings is 1. The van der Waals surface area contributed by atoms with Gasteiger partial charge in [-0.1, -0.05) is 6.42 Å². The lowest BCUT2D eigenvalue weighted by molar-refractivity contribution is 0.104. The fourth-order valence-corrected chi connectivity index (χ4v) is 2.96. The zero-order valence-electron chi connectivity index (χ0n) is 11.3. The van der Waals surface area contributed by atoms with Crippen molar-refractivity contribution in [2.24, 2.45) is 5.73 Å². The molecule has 0 aliphatic carbocycles. The molecule has 2 rings (SSSR count). The molecule has 0 aromatic carbocycles. The Morgan fingerprint density at radius 3 is 2.47 bits per heavy atom. The first kappa shape index (κ1) is 13.3. The van der Waals surface area contributed by atoms with Crippen LogP contribution in [-0.2, 0) is 0 Å². The Hall–Kier alpha value is -0.160. The fraction of sp³-hybridized carbons (Fsp3) is 1.00. The number of hydrogen-bond acceptors (Lipinski definition) is 4. The Morgan fingerprint density at radius 1 is 1.00 bits per heavy atom. The average molecular weight is 240 g/mol. The van der Waals surface area contributed by atoms with Crippen LogP contribution in [0.4, 0.5) is 0 Å². The van der Waals surface area contributed by atoms with Crippen LogP contribution >= 0.6 is 0 Å². The van der Waals surface area contributed by atoms with Crippen molar-refractivity contribution in [1.82, 2.24) is 14.7 Å².